The highest BCUT2D eigenvalue weighted by atomic mass is 19.4. The van der Waals surface area contributed by atoms with Crippen LogP contribution in [0, 0.1) is 0 Å². The average molecular weight is 391 g/mol. The molecule has 0 atom stereocenters. The Balaban J connectivity index is 1.70. The predicted molar refractivity (Wildman–Crippen MR) is 100 cm³/mol. The molecule has 5 nitrogen and oxygen atoms in total. The summed E-state index contributed by atoms with van der Waals surface area (Å²) in [5.41, 5.74) is 0.0690. The Hall–Kier alpha value is -3.03. The molecular formula is C20H20F3N3O2. The number of hydrogen-bond donors (Lipinski definition) is 2. The molecule has 0 unspecified atom stereocenters. The standard InChI is InChI=1S/C20H20F3N3O2/c21-20(22,23)15-10-8-14(9-11-15)18(27)24-16-6-2-3-7-17(16)25-19(28)26-12-4-1-5-13-26/h2-3,6-11H,1,4-5,12-13H2,(H,24,27)(H,25,28). The van der Waals surface area contributed by atoms with Crippen molar-refractivity contribution in [2.75, 3.05) is 23.7 Å². The first kappa shape index (κ1) is 19.7. The van der Waals surface area contributed by atoms with Gasteiger partial charge in [-0.3, -0.25) is 4.79 Å². The topological polar surface area (TPSA) is 61.4 Å². The molecule has 3 amide bonds. The van der Waals surface area contributed by atoms with Gasteiger partial charge >= 0.3 is 12.2 Å². The van der Waals surface area contributed by atoms with Gasteiger partial charge in [-0.15, -0.1) is 0 Å². The van der Waals surface area contributed by atoms with Crippen molar-refractivity contribution in [3.05, 3.63) is 59.7 Å². The van der Waals surface area contributed by atoms with Crippen LogP contribution in [0.2, 0.25) is 0 Å². The number of alkyl halides is 3. The van der Waals surface area contributed by atoms with Gasteiger partial charge in [0, 0.05) is 18.7 Å². The third-order valence-corrected chi connectivity index (χ3v) is 4.53. The number of amides is 3. The molecule has 1 aliphatic heterocycles. The highest BCUT2D eigenvalue weighted by molar-refractivity contribution is 6.07. The van der Waals surface area contributed by atoms with Gasteiger partial charge in [0.25, 0.3) is 5.91 Å². The first-order valence-corrected chi connectivity index (χ1v) is 8.98. The molecule has 1 fully saturated rings. The molecule has 0 spiro atoms. The number of rotatable bonds is 3. The van der Waals surface area contributed by atoms with Crippen LogP contribution in [-0.4, -0.2) is 29.9 Å². The summed E-state index contributed by atoms with van der Waals surface area (Å²) in [4.78, 5) is 26.5. The van der Waals surface area contributed by atoms with Crippen LogP contribution in [-0.2, 0) is 6.18 Å². The number of carbonyl (C=O) groups excluding carboxylic acids is 2. The lowest BCUT2D eigenvalue weighted by Crippen LogP contribution is -2.38. The molecule has 0 aromatic heterocycles. The zero-order chi connectivity index (χ0) is 20.1. The highest BCUT2D eigenvalue weighted by Crippen LogP contribution is 2.29. The van der Waals surface area contributed by atoms with Crippen molar-refractivity contribution in [1.82, 2.24) is 4.90 Å². The number of nitrogens with one attached hydrogen (secondary N) is 2. The van der Waals surface area contributed by atoms with Gasteiger partial charge in [-0.05, 0) is 55.7 Å². The second kappa shape index (κ2) is 8.33. The molecule has 0 radical (unpaired) electrons. The lowest BCUT2D eigenvalue weighted by molar-refractivity contribution is -0.137. The number of likely N-dealkylation sites (tertiary alicyclic amines) is 1. The molecular weight excluding hydrogens is 371 g/mol. The number of hydrogen-bond acceptors (Lipinski definition) is 2. The first-order valence-electron chi connectivity index (χ1n) is 8.98. The zero-order valence-corrected chi connectivity index (χ0v) is 15.1. The summed E-state index contributed by atoms with van der Waals surface area (Å²) in [5.74, 6) is -0.562. The van der Waals surface area contributed by atoms with E-state index in [1.165, 1.54) is 0 Å². The number of nitrogens with zero attached hydrogens (tertiary/aromatic N) is 1. The fourth-order valence-corrected chi connectivity index (χ4v) is 3.00. The predicted octanol–water partition coefficient (Wildman–Crippen LogP) is 4.98. The number of halogens is 3. The minimum absolute atomic E-state index is 0.0881. The Labute approximate surface area is 160 Å². The van der Waals surface area contributed by atoms with Crippen LogP contribution in [0.4, 0.5) is 29.3 Å². The van der Waals surface area contributed by atoms with Crippen molar-refractivity contribution in [3.63, 3.8) is 0 Å². The molecule has 1 aliphatic rings. The molecule has 1 heterocycles. The van der Waals surface area contributed by atoms with Crippen molar-refractivity contribution >= 4 is 23.3 Å². The van der Waals surface area contributed by atoms with Crippen LogP contribution in [0.25, 0.3) is 0 Å². The third-order valence-electron chi connectivity index (χ3n) is 4.53. The third kappa shape index (κ3) is 4.82. The van der Waals surface area contributed by atoms with E-state index < -0.39 is 17.6 Å². The van der Waals surface area contributed by atoms with Crippen LogP contribution in [0.3, 0.4) is 0 Å². The molecule has 8 heteroatoms. The van der Waals surface area contributed by atoms with Crippen LogP contribution in [0.15, 0.2) is 48.5 Å². The molecule has 0 saturated carbocycles. The fraction of sp³-hybridized carbons (Fsp3) is 0.300. The molecule has 2 aromatic rings. The van der Waals surface area contributed by atoms with Crippen molar-refractivity contribution in [2.24, 2.45) is 0 Å². The van der Waals surface area contributed by atoms with E-state index in [9.17, 15) is 22.8 Å². The van der Waals surface area contributed by atoms with E-state index in [1.807, 2.05) is 0 Å². The summed E-state index contributed by atoms with van der Waals surface area (Å²) >= 11 is 0. The van der Waals surface area contributed by atoms with Crippen LogP contribution < -0.4 is 10.6 Å². The lowest BCUT2D eigenvalue weighted by Gasteiger charge is -2.27. The van der Waals surface area contributed by atoms with Crippen molar-refractivity contribution in [2.45, 2.75) is 25.4 Å². The number of benzene rings is 2. The van der Waals surface area contributed by atoms with E-state index in [2.05, 4.69) is 10.6 Å². The Kier molecular flexibility index (Phi) is 5.87. The van der Waals surface area contributed by atoms with E-state index in [1.54, 1.807) is 29.2 Å². The minimum atomic E-state index is -4.46. The first-order chi connectivity index (χ1) is 13.3. The summed E-state index contributed by atoms with van der Waals surface area (Å²) in [7, 11) is 0. The zero-order valence-electron chi connectivity index (χ0n) is 15.1. The molecule has 0 bridgehead atoms. The van der Waals surface area contributed by atoms with Gasteiger partial charge in [-0.25, -0.2) is 4.79 Å². The van der Waals surface area contributed by atoms with Gasteiger partial charge in [0.15, 0.2) is 0 Å². The second-order valence-electron chi connectivity index (χ2n) is 6.55. The number of urea groups is 1. The Morgan fingerprint density at radius 1 is 0.821 bits per heavy atom. The van der Waals surface area contributed by atoms with Gasteiger partial charge < -0.3 is 15.5 Å². The highest BCUT2D eigenvalue weighted by Gasteiger charge is 2.30. The smallest absolute Gasteiger partial charge is 0.325 e. The number of carbonyl (C=O) groups is 2. The number of piperidine rings is 1. The van der Waals surface area contributed by atoms with Crippen LogP contribution >= 0.6 is 0 Å². The van der Waals surface area contributed by atoms with Crippen molar-refractivity contribution in [3.8, 4) is 0 Å². The van der Waals surface area contributed by atoms with Gasteiger partial charge in [0.1, 0.15) is 0 Å². The summed E-state index contributed by atoms with van der Waals surface area (Å²) in [5, 5.41) is 5.43. The Morgan fingerprint density at radius 3 is 1.96 bits per heavy atom. The maximum atomic E-state index is 12.7. The molecule has 2 N–H and O–H groups in total. The van der Waals surface area contributed by atoms with E-state index in [0.29, 0.717) is 24.5 Å². The minimum Gasteiger partial charge on any atom is -0.325 e. The quantitative estimate of drug-likeness (QED) is 0.776. The average Bonchev–Trinajstić information content (AvgIpc) is 2.69. The maximum Gasteiger partial charge on any atom is 0.416 e. The molecule has 3 rings (SSSR count). The second-order valence-corrected chi connectivity index (χ2v) is 6.55. The maximum absolute atomic E-state index is 12.7. The largest absolute Gasteiger partial charge is 0.416 e. The Bertz CT molecular complexity index is 845. The normalized spacial score (nSPS) is 14.5. The SMILES string of the molecule is O=C(Nc1ccccc1NC(=O)N1CCCCC1)c1ccc(C(F)(F)F)cc1. The van der Waals surface area contributed by atoms with E-state index in [-0.39, 0.29) is 11.6 Å². The van der Waals surface area contributed by atoms with Crippen molar-refractivity contribution in [1.29, 1.82) is 0 Å². The molecule has 1 saturated heterocycles. The number of anilines is 2. The monoisotopic (exact) mass is 391 g/mol. The van der Waals surface area contributed by atoms with Crippen LogP contribution in [0.1, 0.15) is 35.2 Å². The molecule has 0 aliphatic carbocycles. The summed E-state index contributed by atoms with van der Waals surface area (Å²) in [6.07, 6.45) is -1.44. The van der Waals surface area contributed by atoms with Gasteiger partial charge in [0.2, 0.25) is 0 Å². The van der Waals surface area contributed by atoms with Gasteiger partial charge in [-0.2, -0.15) is 13.2 Å². The Morgan fingerprint density at radius 2 is 1.39 bits per heavy atom. The van der Waals surface area contributed by atoms with E-state index in [4.69, 9.17) is 0 Å². The molecule has 28 heavy (non-hydrogen) atoms. The fourth-order valence-electron chi connectivity index (χ4n) is 3.00. The summed E-state index contributed by atoms with van der Waals surface area (Å²) < 4.78 is 38.0. The van der Waals surface area contributed by atoms with E-state index >= 15 is 0 Å². The summed E-state index contributed by atoms with van der Waals surface area (Å²) in [6, 6.07) is 10.4. The van der Waals surface area contributed by atoms with Crippen LogP contribution in [0.5, 0.6) is 0 Å². The molecule has 2 aromatic carbocycles. The van der Waals surface area contributed by atoms with E-state index in [0.717, 1.165) is 43.5 Å². The van der Waals surface area contributed by atoms with Crippen molar-refractivity contribution < 1.29 is 22.8 Å². The number of para-hydroxylation sites is 2. The lowest BCUT2D eigenvalue weighted by atomic mass is 10.1. The molecule has 148 valence electrons. The van der Waals surface area contributed by atoms with Gasteiger partial charge in [-0.1, -0.05) is 12.1 Å². The summed E-state index contributed by atoms with van der Waals surface area (Å²) in [6.45, 7) is 1.37. The van der Waals surface area contributed by atoms with Gasteiger partial charge in [0.05, 0.1) is 16.9 Å².